The van der Waals surface area contributed by atoms with E-state index < -0.39 is 11.9 Å². The van der Waals surface area contributed by atoms with Crippen molar-refractivity contribution in [1.29, 1.82) is 5.26 Å². The van der Waals surface area contributed by atoms with E-state index in [1.54, 1.807) is 0 Å². The van der Waals surface area contributed by atoms with Gasteiger partial charge < -0.3 is 10.4 Å². The molecule has 7 heteroatoms. The smallest absolute Gasteiger partial charge is 0.308 e. The molecule has 1 aromatic carbocycles. The molecule has 0 radical (unpaired) electrons. The molecule has 1 amide bonds. The van der Waals surface area contributed by atoms with Crippen molar-refractivity contribution in [3.8, 4) is 6.07 Å². The number of hydrogen-bond donors (Lipinski definition) is 2. The molecule has 3 rings (SSSR count). The van der Waals surface area contributed by atoms with Crippen LogP contribution in [0.4, 0.5) is 0 Å². The molecular weight excluding hydrogens is 356 g/mol. The maximum Gasteiger partial charge on any atom is 0.308 e. The van der Waals surface area contributed by atoms with Gasteiger partial charge in [-0.15, -0.1) is 0 Å². The number of aliphatic carboxylic acids is 1. The number of nitrogens with one attached hydrogen (secondary N) is 1. The predicted molar refractivity (Wildman–Crippen MR) is 105 cm³/mol. The molecule has 2 atom stereocenters. The van der Waals surface area contributed by atoms with Crippen molar-refractivity contribution >= 4 is 22.8 Å². The standard InChI is InChI=1S/C21H26N4O3/c1-14-9-10-18-16(13-14)19(24-25(18)12-6-2-5-11-22)20(26)23-17-8-4-3-7-15(17)21(27)28/h9-10,13,15,17H,2-8,12H2,1H3,(H,23,26)(H,27,28)/t15-,17+/m1/s1. The summed E-state index contributed by atoms with van der Waals surface area (Å²) in [6.45, 7) is 2.60. The van der Waals surface area contributed by atoms with Crippen LogP contribution in [0.3, 0.4) is 0 Å². The van der Waals surface area contributed by atoms with Gasteiger partial charge in [-0.2, -0.15) is 10.4 Å². The first-order chi connectivity index (χ1) is 13.5. The zero-order chi connectivity index (χ0) is 20.1. The van der Waals surface area contributed by atoms with Gasteiger partial charge in [-0.3, -0.25) is 14.3 Å². The molecular formula is C21H26N4O3. The quantitative estimate of drug-likeness (QED) is 0.714. The Kier molecular flexibility index (Phi) is 6.30. The monoisotopic (exact) mass is 382 g/mol. The van der Waals surface area contributed by atoms with E-state index >= 15 is 0 Å². The summed E-state index contributed by atoms with van der Waals surface area (Å²) < 4.78 is 1.82. The van der Waals surface area contributed by atoms with Crippen molar-refractivity contribution in [3.05, 3.63) is 29.5 Å². The third-order valence-corrected chi connectivity index (χ3v) is 5.43. The van der Waals surface area contributed by atoms with E-state index in [9.17, 15) is 14.7 Å². The molecule has 1 fully saturated rings. The molecule has 0 unspecified atom stereocenters. The molecule has 2 aromatic rings. The third-order valence-electron chi connectivity index (χ3n) is 5.43. The zero-order valence-electron chi connectivity index (χ0n) is 16.1. The van der Waals surface area contributed by atoms with Crippen LogP contribution in [-0.4, -0.2) is 32.8 Å². The Balaban J connectivity index is 1.84. The summed E-state index contributed by atoms with van der Waals surface area (Å²) in [7, 11) is 0. The highest BCUT2D eigenvalue weighted by Crippen LogP contribution is 2.26. The number of rotatable bonds is 7. The molecule has 1 aromatic heterocycles. The zero-order valence-corrected chi connectivity index (χ0v) is 16.1. The fraction of sp³-hybridized carbons (Fsp3) is 0.524. The number of hydrogen-bond acceptors (Lipinski definition) is 4. The molecule has 0 bridgehead atoms. The molecule has 0 saturated heterocycles. The second-order valence-electron chi connectivity index (χ2n) is 7.52. The second-order valence-corrected chi connectivity index (χ2v) is 7.52. The number of benzene rings is 1. The number of amides is 1. The lowest BCUT2D eigenvalue weighted by Crippen LogP contribution is -2.45. The van der Waals surface area contributed by atoms with Gasteiger partial charge >= 0.3 is 5.97 Å². The maximum atomic E-state index is 13.0. The lowest BCUT2D eigenvalue weighted by molar-refractivity contribution is -0.143. The first-order valence-electron chi connectivity index (χ1n) is 9.89. The summed E-state index contributed by atoms with van der Waals surface area (Å²) in [4.78, 5) is 24.5. The van der Waals surface area contributed by atoms with Gasteiger partial charge in [-0.05, 0) is 44.7 Å². The number of fused-ring (bicyclic) bond motifs is 1. The fourth-order valence-corrected chi connectivity index (χ4v) is 3.93. The molecule has 1 aliphatic rings. The van der Waals surface area contributed by atoms with Gasteiger partial charge in [0.25, 0.3) is 5.91 Å². The van der Waals surface area contributed by atoms with E-state index in [2.05, 4.69) is 16.5 Å². The number of nitriles is 1. The summed E-state index contributed by atoms with van der Waals surface area (Å²) in [5.41, 5.74) is 2.26. The van der Waals surface area contributed by atoms with Gasteiger partial charge in [-0.1, -0.05) is 24.5 Å². The van der Waals surface area contributed by atoms with Crippen molar-refractivity contribution in [2.24, 2.45) is 5.92 Å². The Morgan fingerprint density at radius 1 is 1.32 bits per heavy atom. The number of carboxylic acids is 1. The van der Waals surface area contributed by atoms with Crippen LogP contribution in [0.15, 0.2) is 18.2 Å². The number of aromatic nitrogens is 2. The van der Waals surface area contributed by atoms with Crippen LogP contribution in [0.1, 0.15) is 61.0 Å². The number of nitrogens with zero attached hydrogens (tertiary/aromatic N) is 3. The highest BCUT2D eigenvalue weighted by Gasteiger charge is 2.32. The minimum atomic E-state index is -0.853. The van der Waals surface area contributed by atoms with Crippen LogP contribution in [0.25, 0.3) is 10.9 Å². The SMILES string of the molecule is Cc1ccc2c(c1)c(C(=O)N[C@H]1CCCC[C@H]1C(=O)O)nn2CCCCC#N. The second kappa shape index (κ2) is 8.87. The lowest BCUT2D eigenvalue weighted by atomic mass is 9.84. The minimum Gasteiger partial charge on any atom is -0.481 e. The summed E-state index contributed by atoms with van der Waals surface area (Å²) >= 11 is 0. The van der Waals surface area contributed by atoms with Crippen molar-refractivity contribution in [1.82, 2.24) is 15.1 Å². The number of carboxylic acid groups (broad SMARTS) is 1. The van der Waals surface area contributed by atoms with Crippen molar-refractivity contribution < 1.29 is 14.7 Å². The highest BCUT2D eigenvalue weighted by atomic mass is 16.4. The molecule has 28 heavy (non-hydrogen) atoms. The number of unbranched alkanes of at least 4 members (excludes halogenated alkanes) is 2. The van der Waals surface area contributed by atoms with Crippen molar-refractivity contribution in [2.75, 3.05) is 0 Å². The van der Waals surface area contributed by atoms with Gasteiger partial charge in [-0.25, -0.2) is 0 Å². The van der Waals surface area contributed by atoms with Gasteiger partial charge in [0, 0.05) is 24.4 Å². The predicted octanol–water partition coefficient (Wildman–Crippen LogP) is 3.41. The maximum absolute atomic E-state index is 13.0. The molecule has 1 heterocycles. The normalized spacial score (nSPS) is 19.3. The Morgan fingerprint density at radius 3 is 2.86 bits per heavy atom. The number of carbonyl (C=O) groups is 2. The minimum absolute atomic E-state index is 0.315. The molecule has 7 nitrogen and oxygen atoms in total. The number of aryl methyl sites for hydroxylation is 2. The highest BCUT2D eigenvalue weighted by molar-refractivity contribution is 6.05. The summed E-state index contributed by atoms with van der Waals surface area (Å²) in [6, 6.07) is 7.66. The van der Waals surface area contributed by atoms with E-state index in [-0.39, 0.29) is 11.9 Å². The van der Waals surface area contributed by atoms with Crippen LogP contribution >= 0.6 is 0 Å². The molecule has 0 spiro atoms. The Labute approximate surface area is 164 Å². The third kappa shape index (κ3) is 4.33. The van der Waals surface area contributed by atoms with E-state index in [1.165, 1.54) is 0 Å². The van der Waals surface area contributed by atoms with Crippen LogP contribution < -0.4 is 5.32 Å². The van der Waals surface area contributed by atoms with Crippen LogP contribution in [0, 0.1) is 24.2 Å². The Bertz CT molecular complexity index is 912. The average molecular weight is 382 g/mol. The number of carbonyl (C=O) groups excluding carboxylic acids is 1. The lowest BCUT2D eigenvalue weighted by Gasteiger charge is -2.28. The van der Waals surface area contributed by atoms with Crippen molar-refractivity contribution in [3.63, 3.8) is 0 Å². The van der Waals surface area contributed by atoms with E-state index in [0.29, 0.717) is 31.5 Å². The molecule has 0 aliphatic heterocycles. The van der Waals surface area contributed by atoms with Crippen molar-refractivity contribution in [2.45, 2.75) is 64.5 Å². The van der Waals surface area contributed by atoms with E-state index in [4.69, 9.17) is 5.26 Å². The Hall–Kier alpha value is -2.88. The van der Waals surface area contributed by atoms with Crippen LogP contribution in [-0.2, 0) is 11.3 Å². The van der Waals surface area contributed by atoms with Gasteiger partial charge in [0.2, 0.25) is 0 Å². The molecule has 148 valence electrons. The topological polar surface area (TPSA) is 108 Å². The first-order valence-corrected chi connectivity index (χ1v) is 9.89. The molecule has 1 saturated carbocycles. The fourth-order valence-electron chi connectivity index (χ4n) is 3.93. The first kappa shape index (κ1) is 19.9. The Morgan fingerprint density at radius 2 is 2.11 bits per heavy atom. The van der Waals surface area contributed by atoms with E-state index in [1.807, 2.05) is 29.8 Å². The van der Waals surface area contributed by atoms with Gasteiger partial charge in [0.05, 0.1) is 17.5 Å². The van der Waals surface area contributed by atoms with Gasteiger partial charge in [0.1, 0.15) is 0 Å². The van der Waals surface area contributed by atoms with Gasteiger partial charge in [0.15, 0.2) is 5.69 Å². The summed E-state index contributed by atoms with van der Waals surface area (Å²) in [5, 5.41) is 26.4. The molecule has 1 aliphatic carbocycles. The summed E-state index contributed by atoms with van der Waals surface area (Å²) in [6.07, 6.45) is 5.16. The molecule has 2 N–H and O–H groups in total. The van der Waals surface area contributed by atoms with Crippen LogP contribution in [0.5, 0.6) is 0 Å². The summed E-state index contributed by atoms with van der Waals surface area (Å²) in [5.74, 6) is -1.71. The average Bonchev–Trinajstić information content (AvgIpc) is 3.03. The largest absolute Gasteiger partial charge is 0.481 e. The van der Waals surface area contributed by atoms with E-state index in [0.717, 1.165) is 42.1 Å². The van der Waals surface area contributed by atoms with Crippen LogP contribution in [0.2, 0.25) is 0 Å².